The summed E-state index contributed by atoms with van der Waals surface area (Å²) >= 11 is 5.88. The quantitative estimate of drug-likeness (QED) is 0.837. The van der Waals surface area contributed by atoms with Crippen LogP contribution in [0.15, 0.2) is 42.5 Å². The lowest BCUT2D eigenvalue weighted by atomic mass is 10.2. The Bertz CT molecular complexity index is 508. The maximum absolute atomic E-state index is 5.88. The van der Waals surface area contributed by atoms with Gasteiger partial charge in [-0.25, -0.2) is 0 Å². The minimum absolute atomic E-state index is 0.531. The molecule has 0 bridgehead atoms. The van der Waals surface area contributed by atoms with E-state index in [1.165, 1.54) is 0 Å². The van der Waals surface area contributed by atoms with E-state index in [0.717, 1.165) is 27.6 Å². The first-order valence-corrected chi connectivity index (χ1v) is 5.76. The third kappa shape index (κ3) is 3.14. The molecular weight excluding hydrogens is 234 g/mol. The van der Waals surface area contributed by atoms with Gasteiger partial charge >= 0.3 is 0 Å². The van der Waals surface area contributed by atoms with Crippen LogP contribution in [0.3, 0.4) is 0 Å². The van der Waals surface area contributed by atoms with E-state index in [2.05, 4.69) is 0 Å². The number of aryl methyl sites for hydroxylation is 1. The number of nitrogens with two attached hydrogens (primary N) is 1. The fourth-order valence-electron chi connectivity index (χ4n) is 1.55. The summed E-state index contributed by atoms with van der Waals surface area (Å²) < 4.78 is 5.72. The summed E-state index contributed by atoms with van der Waals surface area (Å²) in [6, 6.07) is 13.3. The summed E-state index contributed by atoms with van der Waals surface area (Å²) in [7, 11) is 0. The third-order valence-corrected chi connectivity index (χ3v) is 2.75. The molecule has 2 aromatic carbocycles. The highest BCUT2D eigenvalue weighted by Crippen LogP contribution is 2.22. The molecule has 0 heterocycles. The lowest BCUT2D eigenvalue weighted by Crippen LogP contribution is -1.97. The standard InChI is InChI=1S/C14H14ClNO/c1-10-8-12(15)4-7-14(10)17-9-11-2-5-13(16)6-3-11/h2-8H,9,16H2,1H3. The molecule has 0 fully saturated rings. The normalized spacial score (nSPS) is 10.2. The van der Waals surface area contributed by atoms with Crippen molar-refractivity contribution in [3.05, 3.63) is 58.6 Å². The van der Waals surface area contributed by atoms with Crippen LogP contribution in [-0.2, 0) is 6.61 Å². The molecule has 0 atom stereocenters. The van der Waals surface area contributed by atoms with Crippen LogP contribution in [0.5, 0.6) is 5.75 Å². The van der Waals surface area contributed by atoms with Crippen LogP contribution in [0.2, 0.25) is 5.02 Å². The topological polar surface area (TPSA) is 35.2 Å². The van der Waals surface area contributed by atoms with Crippen molar-refractivity contribution in [2.24, 2.45) is 0 Å². The molecule has 2 nitrogen and oxygen atoms in total. The van der Waals surface area contributed by atoms with Crippen LogP contribution < -0.4 is 10.5 Å². The second kappa shape index (κ2) is 5.11. The molecule has 0 unspecified atom stereocenters. The zero-order valence-electron chi connectivity index (χ0n) is 9.61. The molecule has 17 heavy (non-hydrogen) atoms. The Hall–Kier alpha value is -1.67. The Morgan fingerprint density at radius 2 is 1.82 bits per heavy atom. The van der Waals surface area contributed by atoms with Gasteiger partial charge in [0.1, 0.15) is 12.4 Å². The minimum atomic E-state index is 0.531. The Morgan fingerprint density at radius 1 is 1.12 bits per heavy atom. The number of halogens is 1. The number of nitrogen functional groups attached to an aromatic ring is 1. The number of benzene rings is 2. The Kier molecular flexibility index (Phi) is 3.55. The van der Waals surface area contributed by atoms with Gasteiger partial charge in [-0.3, -0.25) is 0 Å². The first kappa shape index (κ1) is 11.8. The van der Waals surface area contributed by atoms with Crippen molar-refractivity contribution in [1.82, 2.24) is 0 Å². The number of ether oxygens (including phenoxy) is 1. The zero-order chi connectivity index (χ0) is 12.3. The molecule has 2 aromatic rings. The summed E-state index contributed by atoms with van der Waals surface area (Å²) in [4.78, 5) is 0. The lowest BCUT2D eigenvalue weighted by Gasteiger charge is -2.09. The fourth-order valence-corrected chi connectivity index (χ4v) is 1.78. The first-order valence-electron chi connectivity index (χ1n) is 5.38. The summed E-state index contributed by atoms with van der Waals surface area (Å²) in [5.74, 6) is 0.853. The molecule has 0 saturated heterocycles. The highest BCUT2D eigenvalue weighted by molar-refractivity contribution is 6.30. The zero-order valence-corrected chi connectivity index (χ0v) is 10.4. The maximum Gasteiger partial charge on any atom is 0.122 e. The van der Waals surface area contributed by atoms with Crippen LogP contribution in [0.4, 0.5) is 5.69 Å². The second-order valence-electron chi connectivity index (χ2n) is 3.94. The molecule has 0 saturated carbocycles. The Balaban J connectivity index is 2.04. The van der Waals surface area contributed by atoms with E-state index in [1.807, 2.05) is 49.4 Å². The van der Waals surface area contributed by atoms with Gasteiger partial charge in [0.15, 0.2) is 0 Å². The second-order valence-corrected chi connectivity index (χ2v) is 4.38. The Morgan fingerprint density at radius 3 is 2.47 bits per heavy atom. The largest absolute Gasteiger partial charge is 0.489 e. The van der Waals surface area contributed by atoms with Crippen molar-refractivity contribution in [1.29, 1.82) is 0 Å². The minimum Gasteiger partial charge on any atom is -0.489 e. The SMILES string of the molecule is Cc1cc(Cl)ccc1OCc1ccc(N)cc1. The van der Waals surface area contributed by atoms with Crippen LogP contribution in [-0.4, -0.2) is 0 Å². The molecule has 2 N–H and O–H groups in total. The summed E-state index contributed by atoms with van der Waals surface area (Å²) in [5, 5.41) is 0.724. The molecule has 0 amide bonds. The van der Waals surface area contributed by atoms with Gasteiger partial charge in [0.05, 0.1) is 0 Å². The lowest BCUT2D eigenvalue weighted by molar-refractivity contribution is 0.304. The smallest absolute Gasteiger partial charge is 0.122 e. The van der Waals surface area contributed by atoms with E-state index in [1.54, 1.807) is 0 Å². The van der Waals surface area contributed by atoms with Crippen molar-refractivity contribution in [2.45, 2.75) is 13.5 Å². The Labute approximate surface area is 106 Å². The molecule has 0 spiro atoms. The van der Waals surface area contributed by atoms with E-state index in [0.29, 0.717) is 6.61 Å². The molecule has 0 aliphatic carbocycles. The van der Waals surface area contributed by atoms with Crippen molar-refractivity contribution in [3.63, 3.8) is 0 Å². The number of hydrogen-bond acceptors (Lipinski definition) is 2. The van der Waals surface area contributed by atoms with E-state index in [-0.39, 0.29) is 0 Å². The number of anilines is 1. The van der Waals surface area contributed by atoms with Crippen LogP contribution in [0.1, 0.15) is 11.1 Å². The van der Waals surface area contributed by atoms with Crippen molar-refractivity contribution >= 4 is 17.3 Å². The fraction of sp³-hybridized carbons (Fsp3) is 0.143. The highest BCUT2D eigenvalue weighted by atomic mass is 35.5. The van der Waals surface area contributed by atoms with Gasteiger partial charge in [0, 0.05) is 10.7 Å². The van der Waals surface area contributed by atoms with Crippen LogP contribution >= 0.6 is 11.6 Å². The average molecular weight is 248 g/mol. The van der Waals surface area contributed by atoms with Gasteiger partial charge in [-0.15, -0.1) is 0 Å². The van der Waals surface area contributed by atoms with Gasteiger partial charge in [-0.1, -0.05) is 23.7 Å². The molecular formula is C14H14ClNO. The van der Waals surface area contributed by atoms with Gasteiger partial charge < -0.3 is 10.5 Å². The van der Waals surface area contributed by atoms with Crippen LogP contribution in [0, 0.1) is 6.92 Å². The first-order chi connectivity index (χ1) is 8.15. The van der Waals surface area contributed by atoms with Crippen LogP contribution in [0.25, 0.3) is 0 Å². The van der Waals surface area contributed by atoms with Crippen molar-refractivity contribution in [3.8, 4) is 5.75 Å². The highest BCUT2D eigenvalue weighted by Gasteiger charge is 2.00. The molecule has 0 radical (unpaired) electrons. The van der Waals surface area contributed by atoms with Gasteiger partial charge in [0.2, 0.25) is 0 Å². The van der Waals surface area contributed by atoms with Gasteiger partial charge in [-0.2, -0.15) is 0 Å². The molecule has 0 aromatic heterocycles. The number of rotatable bonds is 3. The molecule has 2 rings (SSSR count). The van der Waals surface area contributed by atoms with Gasteiger partial charge in [0.25, 0.3) is 0 Å². The van der Waals surface area contributed by atoms with E-state index >= 15 is 0 Å². The summed E-state index contributed by atoms with van der Waals surface area (Å²) in [5.41, 5.74) is 8.51. The predicted molar refractivity (Wildman–Crippen MR) is 71.4 cm³/mol. The molecule has 0 aliphatic heterocycles. The molecule has 3 heteroatoms. The van der Waals surface area contributed by atoms with Crippen molar-refractivity contribution in [2.75, 3.05) is 5.73 Å². The van der Waals surface area contributed by atoms with Crippen molar-refractivity contribution < 1.29 is 4.74 Å². The molecule has 0 aliphatic rings. The predicted octanol–water partition coefficient (Wildman–Crippen LogP) is 3.81. The van der Waals surface area contributed by atoms with E-state index in [4.69, 9.17) is 22.1 Å². The monoisotopic (exact) mass is 247 g/mol. The maximum atomic E-state index is 5.88. The van der Waals surface area contributed by atoms with E-state index < -0.39 is 0 Å². The van der Waals surface area contributed by atoms with Gasteiger partial charge in [-0.05, 0) is 48.4 Å². The number of hydrogen-bond donors (Lipinski definition) is 1. The third-order valence-electron chi connectivity index (χ3n) is 2.51. The molecule has 88 valence electrons. The summed E-state index contributed by atoms with van der Waals surface area (Å²) in [6.45, 7) is 2.51. The van der Waals surface area contributed by atoms with E-state index in [9.17, 15) is 0 Å². The average Bonchev–Trinajstić information content (AvgIpc) is 2.30. The summed E-state index contributed by atoms with van der Waals surface area (Å²) in [6.07, 6.45) is 0.